The molecule has 0 amide bonds. The number of hydrogen-bond acceptors (Lipinski definition) is 2. The van der Waals surface area contributed by atoms with Crippen LogP contribution in [0.1, 0.15) is 30.4 Å². The minimum atomic E-state index is -0.325. The quantitative estimate of drug-likeness (QED) is 0.784. The Morgan fingerprint density at radius 3 is 2.76 bits per heavy atom. The molecule has 5 heteroatoms. The van der Waals surface area contributed by atoms with Crippen molar-refractivity contribution >= 4 is 22.5 Å². The SMILES string of the molecule is Cc1cc(Cl)c2c(c1)c(=O)c(C#N)cn2CCCCCF. The Balaban J connectivity index is 2.56. The number of rotatable bonds is 5. The second-order valence-electron chi connectivity index (χ2n) is 5.07. The lowest BCUT2D eigenvalue weighted by Gasteiger charge is -2.13. The summed E-state index contributed by atoms with van der Waals surface area (Å²) in [7, 11) is 0. The van der Waals surface area contributed by atoms with Gasteiger partial charge in [-0.3, -0.25) is 9.18 Å². The lowest BCUT2D eigenvalue weighted by Crippen LogP contribution is -2.14. The molecule has 1 aromatic heterocycles. The number of hydrogen-bond donors (Lipinski definition) is 0. The number of aromatic nitrogens is 1. The third-order valence-electron chi connectivity index (χ3n) is 3.42. The van der Waals surface area contributed by atoms with E-state index in [2.05, 4.69) is 0 Å². The summed E-state index contributed by atoms with van der Waals surface area (Å²) in [6.45, 7) is 2.14. The van der Waals surface area contributed by atoms with E-state index in [-0.39, 0.29) is 17.7 Å². The van der Waals surface area contributed by atoms with Gasteiger partial charge in [0.15, 0.2) is 0 Å². The van der Waals surface area contributed by atoms with Gasteiger partial charge in [0.1, 0.15) is 11.6 Å². The van der Waals surface area contributed by atoms with Gasteiger partial charge >= 0.3 is 0 Å². The van der Waals surface area contributed by atoms with Crippen molar-refractivity contribution in [2.24, 2.45) is 0 Å². The lowest BCUT2D eigenvalue weighted by molar-refractivity contribution is 0.449. The zero-order valence-corrected chi connectivity index (χ0v) is 12.6. The highest BCUT2D eigenvalue weighted by Gasteiger charge is 2.12. The van der Waals surface area contributed by atoms with Crippen LogP contribution in [0.3, 0.4) is 0 Å². The Morgan fingerprint density at radius 2 is 2.10 bits per heavy atom. The fourth-order valence-electron chi connectivity index (χ4n) is 2.43. The van der Waals surface area contributed by atoms with Crippen LogP contribution in [0.4, 0.5) is 4.39 Å². The van der Waals surface area contributed by atoms with Crippen molar-refractivity contribution in [2.75, 3.05) is 6.67 Å². The van der Waals surface area contributed by atoms with Crippen molar-refractivity contribution in [3.63, 3.8) is 0 Å². The van der Waals surface area contributed by atoms with Crippen LogP contribution in [0, 0.1) is 18.3 Å². The molecular weight excluding hydrogens is 291 g/mol. The van der Waals surface area contributed by atoms with Crippen LogP contribution < -0.4 is 5.43 Å². The number of benzene rings is 1. The number of alkyl halides is 1. The van der Waals surface area contributed by atoms with Gasteiger partial charge in [-0.05, 0) is 43.9 Å². The predicted molar refractivity (Wildman–Crippen MR) is 82.5 cm³/mol. The van der Waals surface area contributed by atoms with E-state index in [1.54, 1.807) is 18.3 Å². The van der Waals surface area contributed by atoms with Crippen molar-refractivity contribution < 1.29 is 4.39 Å². The van der Waals surface area contributed by atoms with Gasteiger partial charge < -0.3 is 4.57 Å². The predicted octanol–water partition coefficient (Wildman–Crippen LogP) is 3.97. The zero-order valence-electron chi connectivity index (χ0n) is 11.8. The second-order valence-corrected chi connectivity index (χ2v) is 5.48. The summed E-state index contributed by atoms with van der Waals surface area (Å²) in [5.41, 5.74) is 1.34. The average molecular weight is 307 g/mol. The van der Waals surface area contributed by atoms with E-state index < -0.39 is 0 Å². The van der Waals surface area contributed by atoms with Crippen molar-refractivity contribution in [1.82, 2.24) is 4.57 Å². The molecule has 0 radical (unpaired) electrons. The third-order valence-corrected chi connectivity index (χ3v) is 3.71. The first kappa shape index (κ1) is 15.5. The number of aryl methyl sites for hydroxylation is 2. The van der Waals surface area contributed by atoms with Crippen LogP contribution >= 0.6 is 11.6 Å². The average Bonchev–Trinajstić information content (AvgIpc) is 2.45. The Kier molecular flexibility index (Phi) is 4.98. The van der Waals surface area contributed by atoms with Crippen LogP contribution in [0.5, 0.6) is 0 Å². The zero-order chi connectivity index (χ0) is 15.4. The first-order valence-electron chi connectivity index (χ1n) is 6.88. The molecule has 0 atom stereocenters. The molecule has 0 spiro atoms. The molecule has 3 nitrogen and oxygen atoms in total. The maximum atomic E-state index is 12.2. The molecule has 2 aromatic rings. The van der Waals surface area contributed by atoms with Gasteiger partial charge in [0.2, 0.25) is 5.43 Å². The van der Waals surface area contributed by atoms with Crippen LogP contribution in [0.2, 0.25) is 5.02 Å². The number of pyridine rings is 1. The lowest BCUT2D eigenvalue weighted by atomic mass is 10.1. The van der Waals surface area contributed by atoms with E-state index in [1.807, 2.05) is 17.6 Å². The van der Waals surface area contributed by atoms with Crippen molar-refractivity contribution in [3.05, 3.63) is 44.7 Å². The van der Waals surface area contributed by atoms with Gasteiger partial charge in [0, 0.05) is 18.1 Å². The highest BCUT2D eigenvalue weighted by molar-refractivity contribution is 6.35. The summed E-state index contributed by atoms with van der Waals surface area (Å²) in [5.74, 6) is 0. The number of fused-ring (bicyclic) bond motifs is 1. The molecule has 0 N–H and O–H groups in total. The molecule has 2 rings (SSSR count). The Bertz CT molecular complexity index is 761. The van der Waals surface area contributed by atoms with E-state index in [0.717, 1.165) is 18.4 Å². The molecular formula is C16H16ClFN2O. The normalized spacial score (nSPS) is 10.8. The smallest absolute Gasteiger partial charge is 0.207 e. The highest BCUT2D eigenvalue weighted by Crippen LogP contribution is 2.24. The van der Waals surface area contributed by atoms with Gasteiger partial charge in [-0.1, -0.05) is 11.6 Å². The van der Waals surface area contributed by atoms with E-state index in [0.29, 0.717) is 28.9 Å². The number of halogens is 2. The summed E-state index contributed by atoms with van der Waals surface area (Å²) in [4.78, 5) is 12.2. The van der Waals surface area contributed by atoms with Crippen molar-refractivity contribution in [3.8, 4) is 6.07 Å². The molecule has 0 aliphatic carbocycles. The third kappa shape index (κ3) is 3.25. The first-order valence-corrected chi connectivity index (χ1v) is 7.25. The Labute approximate surface area is 127 Å². The maximum absolute atomic E-state index is 12.2. The molecule has 0 bridgehead atoms. The fourth-order valence-corrected chi connectivity index (χ4v) is 2.82. The van der Waals surface area contributed by atoms with Crippen LogP contribution in [0.25, 0.3) is 10.9 Å². The number of unbranched alkanes of at least 4 members (excludes halogenated alkanes) is 2. The summed E-state index contributed by atoms with van der Waals surface area (Å²) in [6.07, 6.45) is 3.60. The van der Waals surface area contributed by atoms with E-state index in [9.17, 15) is 9.18 Å². The topological polar surface area (TPSA) is 45.8 Å². The maximum Gasteiger partial charge on any atom is 0.207 e. The molecule has 0 fully saturated rings. The summed E-state index contributed by atoms with van der Waals surface area (Å²) in [5, 5.41) is 10.1. The van der Waals surface area contributed by atoms with Crippen molar-refractivity contribution in [1.29, 1.82) is 5.26 Å². The standard InChI is InChI=1S/C16H16ClFN2O/c1-11-7-13-15(14(17)8-11)20(6-4-2-3-5-18)10-12(9-19)16(13)21/h7-8,10H,2-6H2,1H3. The van der Waals surface area contributed by atoms with E-state index in [4.69, 9.17) is 16.9 Å². The van der Waals surface area contributed by atoms with Gasteiger partial charge in [0.25, 0.3) is 0 Å². The minimum absolute atomic E-state index is 0.106. The van der Waals surface area contributed by atoms with Gasteiger partial charge in [-0.2, -0.15) is 5.26 Å². The van der Waals surface area contributed by atoms with Crippen LogP contribution in [-0.2, 0) is 6.54 Å². The molecule has 0 aliphatic rings. The van der Waals surface area contributed by atoms with Gasteiger partial charge in [0.05, 0.1) is 17.2 Å². The van der Waals surface area contributed by atoms with Gasteiger partial charge in [-0.15, -0.1) is 0 Å². The molecule has 21 heavy (non-hydrogen) atoms. The highest BCUT2D eigenvalue weighted by atomic mass is 35.5. The summed E-state index contributed by atoms with van der Waals surface area (Å²) < 4.78 is 14.0. The first-order chi connectivity index (χ1) is 10.1. The summed E-state index contributed by atoms with van der Waals surface area (Å²) in [6, 6.07) is 5.48. The van der Waals surface area contributed by atoms with Crippen LogP contribution in [0.15, 0.2) is 23.1 Å². The monoisotopic (exact) mass is 306 g/mol. The fraction of sp³-hybridized carbons (Fsp3) is 0.375. The Morgan fingerprint density at radius 1 is 1.33 bits per heavy atom. The molecule has 0 unspecified atom stereocenters. The number of nitriles is 1. The van der Waals surface area contributed by atoms with Crippen molar-refractivity contribution in [2.45, 2.75) is 32.7 Å². The molecule has 1 aromatic carbocycles. The Hall–Kier alpha value is -1.86. The van der Waals surface area contributed by atoms with Crippen LogP contribution in [-0.4, -0.2) is 11.2 Å². The molecule has 1 heterocycles. The minimum Gasteiger partial charge on any atom is -0.345 e. The van der Waals surface area contributed by atoms with E-state index >= 15 is 0 Å². The molecule has 110 valence electrons. The van der Waals surface area contributed by atoms with E-state index in [1.165, 1.54) is 0 Å². The molecule has 0 saturated heterocycles. The summed E-state index contributed by atoms with van der Waals surface area (Å²) >= 11 is 6.27. The second kappa shape index (κ2) is 6.73. The van der Waals surface area contributed by atoms with Gasteiger partial charge in [-0.25, -0.2) is 0 Å². The number of nitrogens with zero attached hydrogens (tertiary/aromatic N) is 2. The molecule has 0 aliphatic heterocycles. The molecule has 0 saturated carbocycles. The largest absolute Gasteiger partial charge is 0.345 e.